The predicted octanol–water partition coefficient (Wildman–Crippen LogP) is -2.14. The van der Waals surface area contributed by atoms with Crippen LogP contribution in [0.1, 0.15) is 12.8 Å². The van der Waals surface area contributed by atoms with Gasteiger partial charge in [-0.1, -0.05) is 0 Å². The number of carbonyl (C=O) groups is 2. The number of hydrogen-bond acceptors (Lipinski definition) is 9. The molecule has 0 aromatic heterocycles. The number of nitrogens with zero attached hydrogens (tertiary/aromatic N) is 1. The Morgan fingerprint density at radius 2 is 2.05 bits per heavy atom. The number of hydroxylamine groups is 3. The van der Waals surface area contributed by atoms with Crippen molar-refractivity contribution in [3.8, 4) is 0 Å². The van der Waals surface area contributed by atoms with Crippen LogP contribution in [-0.4, -0.2) is 67.6 Å². The summed E-state index contributed by atoms with van der Waals surface area (Å²) in [6, 6.07) is -0.664. The van der Waals surface area contributed by atoms with Gasteiger partial charge in [-0.05, 0) is 4.65 Å². The Hall–Kier alpha value is -0.750. The normalized spacial score (nSPS) is 42.7. The number of hydrogen-bond donors (Lipinski definition) is 5. The second-order valence-electron chi connectivity index (χ2n) is 5.07. The van der Waals surface area contributed by atoms with Gasteiger partial charge in [0.2, 0.25) is 12.1 Å². The number of amides is 3. The largest absolute Gasteiger partial charge is 0.567 e. The first-order chi connectivity index (χ1) is 9.72. The Morgan fingerprint density at radius 1 is 1.33 bits per heavy atom. The molecule has 0 saturated carbocycles. The first-order valence-electron chi connectivity index (χ1n) is 6.19. The average molecular weight is 326 g/mol. The van der Waals surface area contributed by atoms with E-state index in [0.717, 1.165) is 0 Å². The van der Waals surface area contributed by atoms with E-state index in [9.17, 15) is 14.7 Å². The van der Waals surface area contributed by atoms with Gasteiger partial charge in [0, 0.05) is 0 Å². The van der Waals surface area contributed by atoms with Crippen molar-refractivity contribution in [2.75, 3.05) is 6.61 Å². The van der Waals surface area contributed by atoms with E-state index in [-0.39, 0.29) is 12.8 Å². The zero-order chi connectivity index (χ0) is 15.4. The average Bonchev–Trinajstić information content (AvgIpc) is 2.96. The number of ether oxygens (including phenoxy) is 1. The zero-order valence-electron chi connectivity index (χ0n) is 10.7. The molecule has 5 N–H and O–H groups in total. The predicted molar refractivity (Wildman–Crippen MR) is 62.1 cm³/mol. The molecule has 0 unspecified atom stereocenters. The number of aliphatic hydroxyl groups excluding tert-OH is 1. The van der Waals surface area contributed by atoms with Crippen molar-refractivity contribution in [1.82, 2.24) is 5.32 Å². The summed E-state index contributed by atoms with van der Waals surface area (Å²) in [7, 11) is -4.42. The number of aliphatic hydroxyl groups is 1. The molecule has 3 amide bonds. The van der Waals surface area contributed by atoms with Crippen molar-refractivity contribution in [2.24, 2.45) is 0 Å². The summed E-state index contributed by atoms with van der Waals surface area (Å²) in [5.41, 5.74) is 0. The maximum absolute atomic E-state index is 11.9. The van der Waals surface area contributed by atoms with Gasteiger partial charge in [-0.2, -0.15) is 19.2 Å². The molecule has 21 heavy (non-hydrogen) atoms. The van der Waals surface area contributed by atoms with Gasteiger partial charge in [-0.15, -0.1) is 4.84 Å². The molecule has 3 fully saturated rings. The lowest BCUT2D eigenvalue weighted by molar-refractivity contribution is -0.893. The van der Waals surface area contributed by atoms with E-state index < -0.39 is 56.0 Å². The molecule has 3 aliphatic rings. The van der Waals surface area contributed by atoms with E-state index in [0.29, 0.717) is 0 Å². The van der Waals surface area contributed by atoms with E-state index in [4.69, 9.17) is 24.3 Å². The minimum atomic E-state index is -4.42. The van der Waals surface area contributed by atoms with Crippen molar-refractivity contribution in [3.63, 3.8) is 0 Å². The van der Waals surface area contributed by atoms with Gasteiger partial charge >= 0.3 is 14.2 Å². The zero-order valence-corrected chi connectivity index (χ0v) is 11.5. The van der Waals surface area contributed by atoms with Gasteiger partial charge in [0.1, 0.15) is 19.1 Å². The molecular weight excluding hydrogens is 311 g/mol. The number of fused-ring (bicyclic) bond motifs is 1. The fraction of sp³-hybridized carbons (Fsp3) is 0.778. The molecule has 11 nitrogen and oxygen atoms in total. The van der Waals surface area contributed by atoms with E-state index >= 15 is 0 Å². The monoisotopic (exact) mass is 326 g/mol. The second kappa shape index (κ2) is 4.88. The van der Waals surface area contributed by atoms with Gasteiger partial charge in [0.25, 0.3) is 6.23 Å². The van der Waals surface area contributed by atoms with Crippen LogP contribution in [0.15, 0.2) is 0 Å². The lowest BCUT2D eigenvalue weighted by Gasteiger charge is -2.20. The molecule has 0 radical (unpaired) electrons. The highest BCUT2D eigenvalue weighted by Crippen LogP contribution is 2.48. The molecule has 0 aliphatic carbocycles. The van der Waals surface area contributed by atoms with Crippen LogP contribution in [0.2, 0.25) is 0 Å². The molecule has 0 bridgehead atoms. The topological polar surface area (TPSA) is 158 Å². The molecule has 0 aromatic carbocycles. The molecule has 0 spiro atoms. The van der Waals surface area contributed by atoms with Crippen LogP contribution < -0.4 is 5.32 Å². The number of quaternary nitrogens is 1. The maximum Gasteiger partial charge on any atom is 0.567 e. The summed E-state index contributed by atoms with van der Waals surface area (Å²) in [5.74, 6) is -0.440. The summed E-state index contributed by atoms with van der Waals surface area (Å²) in [4.78, 5) is 54.6. The number of nitrogens with one attached hydrogen (secondary N) is 1. The molecule has 5 atom stereocenters. The van der Waals surface area contributed by atoms with Crippen LogP contribution in [0.25, 0.3) is 0 Å². The molecular formula is C9H15N2O9P+2. The van der Waals surface area contributed by atoms with Crippen LogP contribution in [0.5, 0.6) is 0 Å². The van der Waals surface area contributed by atoms with Crippen LogP contribution in [0.3, 0.4) is 0 Å². The van der Waals surface area contributed by atoms with Gasteiger partial charge in [0.15, 0.2) is 0 Å². The number of rotatable bonds is 4. The summed E-state index contributed by atoms with van der Waals surface area (Å²) in [6.45, 7) is -0.458. The van der Waals surface area contributed by atoms with Crippen LogP contribution >= 0.6 is 8.17 Å². The Kier molecular flexibility index (Phi) is 3.52. The highest BCUT2D eigenvalue weighted by Gasteiger charge is 2.75. The Labute approximate surface area is 118 Å². The molecule has 118 valence electrons. The van der Waals surface area contributed by atoms with Crippen LogP contribution in [-0.2, 0) is 18.9 Å². The summed E-state index contributed by atoms with van der Waals surface area (Å²) in [5, 5.41) is 12.0. The maximum atomic E-state index is 11.9. The first kappa shape index (κ1) is 15.2. The third kappa shape index (κ3) is 2.68. The lowest BCUT2D eigenvalue weighted by atomic mass is 10.2. The van der Waals surface area contributed by atoms with Crippen LogP contribution in [0.4, 0.5) is 4.79 Å². The van der Waals surface area contributed by atoms with Crippen molar-refractivity contribution in [2.45, 2.75) is 37.5 Å². The minimum Gasteiger partial charge on any atom is -0.390 e. The Morgan fingerprint density at radius 3 is 2.67 bits per heavy atom. The van der Waals surface area contributed by atoms with Crippen molar-refractivity contribution in [3.05, 3.63) is 0 Å². The first-order valence-corrected chi connectivity index (χ1v) is 7.75. The molecule has 3 aliphatic heterocycles. The fourth-order valence-electron chi connectivity index (χ4n) is 2.60. The SMILES string of the molecule is O=C1C[C@@H]2O[N@+]2([C@H]2C[C@H](O)[C@@H](CO[P+](O)(O)O)O2)C(=O)N1. The highest BCUT2D eigenvalue weighted by molar-refractivity contribution is 7.53. The van der Waals surface area contributed by atoms with E-state index in [1.165, 1.54) is 0 Å². The van der Waals surface area contributed by atoms with Crippen molar-refractivity contribution < 1.29 is 48.1 Å². The fourth-order valence-corrected chi connectivity index (χ4v) is 2.95. The Balaban J connectivity index is 1.64. The highest BCUT2D eigenvalue weighted by atomic mass is 31.2. The minimum absolute atomic E-state index is 0.0153. The standard InChI is InChI=1S/C9H14N2O9P/c12-4-1-7(19-5(4)3-18-21(15,16)17)11-8(20-11)2-6(13)10-9(11)14/h4-5,7-8,12,15-17H,1-3H2/q+1/p+1/t4-,5+,7+,8-,11-/m0/s1. The summed E-state index contributed by atoms with van der Waals surface area (Å²) in [6.07, 6.45) is -3.41. The third-order valence-electron chi connectivity index (χ3n) is 3.65. The number of carbonyl (C=O) groups excluding carboxylic acids is 2. The van der Waals surface area contributed by atoms with Gasteiger partial charge in [-0.25, -0.2) is 10.1 Å². The molecule has 3 rings (SSSR count). The summed E-state index contributed by atoms with van der Waals surface area (Å²) < 4.78 is 9.30. The second-order valence-corrected chi connectivity index (χ2v) is 6.35. The van der Waals surface area contributed by atoms with Crippen LogP contribution in [0, 0.1) is 0 Å². The van der Waals surface area contributed by atoms with Crippen molar-refractivity contribution in [1.29, 1.82) is 0 Å². The van der Waals surface area contributed by atoms with E-state index in [1.807, 2.05) is 0 Å². The quantitative estimate of drug-likeness (QED) is 0.221. The lowest BCUT2D eigenvalue weighted by Crippen LogP contribution is -2.56. The molecule has 0 aromatic rings. The van der Waals surface area contributed by atoms with E-state index in [2.05, 4.69) is 9.84 Å². The summed E-state index contributed by atoms with van der Waals surface area (Å²) >= 11 is 0. The van der Waals surface area contributed by atoms with Gasteiger partial charge in [-0.3, -0.25) is 4.79 Å². The Bertz CT molecular complexity index is 482. The van der Waals surface area contributed by atoms with Gasteiger partial charge < -0.3 is 9.84 Å². The molecule has 3 heterocycles. The third-order valence-corrected chi connectivity index (χ3v) is 4.14. The molecule has 12 heteroatoms. The van der Waals surface area contributed by atoms with Crippen molar-refractivity contribution >= 4 is 20.1 Å². The number of imide groups is 1. The van der Waals surface area contributed by atoms with Gasteiger partial charge in [0.05, 0.1) is 12.5 Å². The number of urea groups is 1. The molecule has 3 saturated heterocycles. The smallest absolute Gasteiger partial charge is 0.390 e. The van der Waals surface area contributed by atoms with E-state index in [1.54, 1.807) is 0 Å².